The van der Waals surface area contributed by atoms with Gasteiger partial charge in [0, 0.05) is 12.3 Å². The van der Waals surface area contributed by atoms with Crippen LogP contribution in [-0.4, -0.2) is 14.2 Å². The Hall–Kier alpha value is -1.27. The van der Waals surface area contributed by atoms with Gasteiger partial charge in [-0.2, -0.15) is 0 Å². The quantitative estimate of drug-likeness (QED) is 0.788. The summed E-state index contributed by atoms with van der Waals surface area (Å²) in [7, 11) is -3.13. The smallest absolute Gasteiger partial charge is 0.178 e. The number of rotatable bonds is 4. The molecule has 0 spiro atoms. The summed E-state index contributed by atoms with van der Waals surface area (Å²) in [4.78, 5) is 0.412. The molecule has 0 saturated carbocycles. The van der Waals surface area contributed by atoms with Crippen LogP contribution in [-0.2, 0) is 9.84 Å². The second kappa shape index (κ2) is 6.77. The van der Waals surface area contributed by atoms with E-state index in [0.29, 0.717) is 4.90 Å². The van der Waals surface area contributed by atoms with Gasteiger partial charge in [0.15, 0.2) is 9.84 Å². The molecule has 104 valence electrons. The van der Waals surface area contributed by atoms with E-state index >= 15 is 0 Å². The van der Waals surface area contributed by atoms with Crippen LogP contribution in [0, 0.1) is 17.8 Å². The van der Waals surface area contributed by atoms with Crippen molar-refractivity contribution in [1.82, 2.24) is 0 Å². The molecular weight excluding hydrogens is 256 g/mol. The molecule has 0 aliphatic carbocycles. The van der Waals surface area contributed by atoms with Crippen molar-refractivity contribution < 1.29 is 8.42 Å². The minimum Gasteiger partial charge on any atom is -0.224 e. The summed E-state index contributed by atoms with van der Waals surface area (Å²) in [6, 6.07) is 7.24. The summed E-state index contributed by atoms with van der Waals surface area (Å²) in [5.41, 5.74) is 1.03. The molecule has 0 aliphatic rings. The molecule has 2 nitrogen and oxygen atoms in total. The number of benzene rings is 1. The molecular formula is C16H22O2S. The minimum atomic E-state index is -3.13. The Morgan fingerprint density at radius 2 is 1.89 bits per heavy atom. The Kier molecular flexibility index (Phi) is 5.62. The zero-order chi connectivity index (χ0) is 14.5. The first-order valence-corrected chi connectivity index (χ1v) is 8.38. The summed E-state index contributed by atoms with van der Waals surface area (Å²) in [5, 5.41) is 0. The number of hydrogen-bond donors (Lipinski definition) is 0. The van der Waals surface area contributed by atoms with E-state index in [4.69, 9.17) is 0 Å². The molecule has 0 aromatic heterocycles. The Labute approximate surface area is 117 Å². The lowest BCUT2D eigenvalue weighted by atomic mass is 9.89. The highest BCUT2D eigenvalue weighted by Crippen LogP contribution is 2.26. The first-order valence-electron chi connectivity index (χ1n) is 6.73. The average Bonchev–Trinajstić information content (AvgIpc) is 2.44. The van der Waals surface area contributed by atoms with Crippen LogP contribution in [0.25, 0.3) is 0 Å². The molecule has 2 atom stereocenters. The Bertz CT molecular complexity index is 576. The topological polar surface area (TPSA) is 34.1 Å². The van der Waals surface area contributed by atoms with Crippen molar-refractivity contribution in [3.63, 3.8) is 0 Å². The lowest BCUT2D eigenvalue weighted by Gasteiger charge is -2.16. The van der Waals surface area contributed by atoms with Crippen molar-refractivity contribution in [3.8, 4) is 11.8 Å². The highest BCUT2D eigenvalue weighted by Gasteiger charge is 2.16. The monoisotopic (exact) mass is 278 g/mol. The van der Waals surface area contributed by atoms with Gasteiger partial charge in [-0.1, -0.05) is 45.7 Å². The predicted molar refractivity (Wildman–Crippen MR) is 79.8 cm³/mol. The largest absolute Gasteiger partial charge is 0.224 e. The highest BCUT2D eigenvalue weighted by atomic mass is 32.2. The van der Waals surface area contributed by atoms with Gasteiger partial charge in [0.1, 0.15) is 0 Å². The van der Waals surface area contributed by atoms with Crippen molar-refractivity contribution in [1.29, 1.82) is 0 Å². The van der Waals surface area contributed by atoms with Gasteiger partial charge in [-0.3, -0.25) is 0 Å². The summed E-state index contributed by atoms with van der Waals surface area (Å²) in [6.07, 6.45) is 0.849. The Balaban J connectivity index is 3.06. The molecule has 1 rings (SSSR count). The fraction of sp³-hybridized carbons (Fsp3) is 0.500. The van der Waals surface area contributed by atoms with Crippen LogP contribution in [0.5, 0.6) is 0 Å². The van der Waals surface area contributed by atoms with Crippen LogP contribution in [0.4, 0.5) is 0 Å². The van der Waals surface area contributed by atoms with Gasteiger partial charge < -0.3 is 0 Å². The standard InChI is InChI=1S/C16H22O2S/c1-5-7-9-13(3)14(4)15-10-8-11-16(12-15)19(17,18)6-2/h8,10-14H,5-6H2,1-4H3. The van der Waals surface area contributed by atoms with E-state index in [-0.39, 0.29) is 17.6 Å². The average molecular weight is 278 g/mol. The third kappa shape index (κ3) is 4.11. The molecule has 0 fully saturated rings. The van der Waals surface area contributed by atoms with Gasteiger partial charge in [-0.25, -0.2) is 8.42 Å². The maximum Gasteiger partial charge on any atom is 0.178 e. The molecule has 0 amide bonds. The molecule has 1 aromatic rings. The van der Waals surface area contributed by atoms with Gasteiger partial charge in [-0.05, 0) is 23.6 Å². The molecule has 0 N–H and O–H groups in total. The molecule has 0 heterocycles. The molecule has 0 bridgehead atoms. The van der Waals surface area contributed by atoms with E-state index in [1.807, 2.05) is 19.1 Å². The highest BCUT2D eigenvalue weighted by molar-refractivity contribution is 7.91. The van der Waals surface area contributed by atoms with Crippen LogP contribution < -0.4 is 0 Å². The molecule has 0 aliphatic heterocycles. The van der Waals surface area contributed by atoms with E-state index in [9.17, 15) is 8.42 Å². The second-order valence-electron chi connectivity index (χ2n) is 4.73. The van der Waals surface area contributed by atoms with Gasteiger partial charge >= 0.3 is 0 Å². The lowest BCUT2D eigenvalue weighted by Crippen LogP contribution is -2.07. The maximum absolute atomic E-state index is 11.9. The zero-order valence-corrected chi connectivity index (χ0v) is 12.9. The van der Waals surface area contributed by atoms with Crippen molar-refractivity contribution in [3.05, 3.63) is 29.8 Å². The van der Waals surface area contributed by atoms with E-state index in [0.717, 1.165) is 12.0 Å². The summed E-state index contributed by atoms with van der Waals surface area (Å²) >= 11 is 0. The molecule has 0 radical (unpaired) electrons. The van der Waals surface area contributed by atoms with Gasteiger partial charge in [0.05, 0.1) is 10.6 Å². The van der Waals surface area contributed by atoms with Gasteiger partial charge in [0.2, 0.25) is 0 Å². The summed E-state index contributed by atoms with van der Waals surface area (Å²) in [6.45, 7) is 7.86. The third-order valence-electron chi connectivity index (χ3n) is 3.38. The lowest BCUT2D eigenvalue weighted by molar-refractivity contribution is 0.593. The van der Waals surface area contributed by atoms with E-state index in [2.05, 4.69) is 25.7 Å². The fourth-order valence-electron chi connectivity index (χ4n) is 1.83. The van der Waals surface area contributed by atoms with Crippen LogP contribution in [0.1, 0.15) is 45.6 Å². The maximum atomic E-state index is 11.9. The molecule has 2 unspecified atom stereocenters. The van der Waals surface area contributed by atoms with Crippen molar-refractivity contribution in [2.75, 3.05) is 5.75 Å². The van der Waals surface area contributed by atoms with Crippen molar-refractivity contribution in [2.45, 2.75) is 44.9 Å². The number of sulfone groups is 1. The van der Waals surface area contributed by atoms with E-state index in [1.54, 1.807) is 19.1 Å². The van der Waals surface area contributed by atoms with Crippen LogP contribution >= 0.6 is 0 Å². The van der Waals surface area contributed by atoms with Crippen molar-refractivity contribution in [2.24, 2.45) is 5.92 Å². The van der Waals surface area contributed by atoms with Crippen molar-refractivity contribution >= 4 is 9.84 Å². The zero-order valence-electron chi connectivity index (χ0n) is 12.1. The first kappa shape index (κ1) is 15.8. The Morgan fingerprint density at radius 1 is 1.21 bits per heavy atom. The summed E-state index contributed by atoms with van der Waals surface area (Å²) in [5.74, 6) is 6.87. The normalized spacial score (nSPS) is 14.3. The van der Waals surface area contributed by atoms with E-state index < -0.39 is 9.84 Å². The van der Waals surface area contributed by atoms with Gasteiger partial charge in [-0.15, -0.1) is 5.92 Å². The molecule has 0 saturated heterocycles. The van der Waals surface area contributed by atoms with Gasteiger partial charge in [0.25, 0.3) is 0 Å². The third-order valence-corrected chi connectivity index (χ3v) is 5.11. The summed E-state index contributed by atoms with van der Waals surface area (Å²) < 4.78 is 23.8. The van der Waals surface area contributed by atoms with Crippen LogP contribution in [0.3, 0.4) is 0 Å². The van der Waals surface area contributed by atoms with Crippen LogP contribution in [0.2, 0.25) is 0 Å². The van der Waals surface area contributed by atoms with Crippen LogP contribution in [0.15, 0.2) is 29.2 Å². The Morgan fingerprint density at radius 3 is 2.47 bits per heavy atom. The molecule has 1 aromatic carbocycles. The molecule has 19 heavy (non-hydrogen) atoms. The fourth-order valence-corrected chi connectivity index (χ4v) is 2.77. The SMILES string of the molecule is CCC#CC(C)C(C)c1cccc(S(=O)(=O)CC)c1. The van der Waals surface area contributed by atoms with E-state index in [1.165, 1.54) is 0 Å². The first-order chi connectivity index (χ1) is 8.92. The number of hydrogen-bond acceptors (Lipinski definition) is 2. The predicted octanol–water partition coefficient (Wildman–Crippen LogP) is 3.63. The molecule has 3 heteroatoms. The minimum absolute atomic E-state index is 0.135. The second-order valence-corrected chi connectivity index (χ2v) is 7.01.